The smallest absolute Gasteiger partial charge is 0.346 e. The number of carboxylic acid groups (broad SMARTS) is 1. The van der Waals surface area contributed by atoms with Crippen LogP contribution in [0.2, 0.25) is 0 Å². The van der Waals surface area contributed by atoms with Crippen LogP contribution >= 0.6 is 0 Å². The van der Waals surface area contributed by atoms with Crippen LogP contribution in [-0.4, -0.2) is 32.7 Å². The highest BCUT2D eigenvalue weighted by Gasteiger charge is 2.19. The van der Waals surface area contributed by atoms with Crippen LogP contribution in [0.25, 0.3) is 11.7 Å². The molecule has 2 rings (SSSR count). The fourth-order valence-corrected chi connectivity index (χ4v) is 2.11. The fraction of sp³-hybridized carbons (Fsp3) is 0.353. The van der Waals surface area contributed by atoms with Gasteiger partial charge in [0.1, 0.15) is 17.3 Å². The van der Waals surface area contributed by atoms with Gasteiger partial charge in [-0.25, -0.2) is 4.79 Å². The number of carbonyl (C=O) groups is 1. The first kappa shape index (κ1) is 17.3. The van der Waals surface area contributed by atoms with Gasteiger partial charge < -0.3 is 14.6 Å². The number of hydrogen-bond donors (Lipinski definition) is 1. The van der Waals surface area contributed by atoms with Crippen molar-refractivity contribution in [2.45, 2.75) is 39.9 Å². The molecule has 0 aromatic carbocycles. The van der Waals surface area contributed by atoms with Gasteiger partial charge in [-0.2, -0.15) is 10.2 Å². The average molecular weight is 329 g/mol. The molecule has 0 atom stereocenters. The normalized spacial score (nSPS) is 11.8. The summed E-state index contributed by atoms with van der Waals surface area (Å²) in [7, 11) is 0. The second-order valence-corrected chi connectivity index (χ2v) is 5.68. The number of pyridine rings is 1. The Balaban J connectivity index is 2.71. The Bertz CT molecular complexity index is 828. The van der Waals surface area contributed by atoms with Crippen molar-refractivity contribution < 1.29 is 19.4 Å². The maximum Gasteiger partial charge on any atom is 0.346 e. The Morgan fingerprint density at radius 3 is 2.54 bits per heavy atom. The van der Waals surface area contributed by atoms with E-state index in [9.17, 15) is 4.79 Å². The number of ether oxygens (including phenoxy) is 2. The van der Waals surface area contributed by atoms with Crippen molar-refractivity contribution >= 4 is 17.7 Å². The molecule has 0 radical (unpaired) electrons. The Morgan fingerprint density at radius 2 is 2.00 bits per heavy atom. The summed E-state index contributed by atoms with van der Waals surface area (Å²) in [5, 5.41) is 18.1. The molecule has 126 valence electrons. The van der Waals surface area contributed by atoms with E-state index in [1.165, 1.54) is 6.08 Å². The Kier molecular flexibility index (Phi) is 5.09. The number of imidazole rings is 1. The maximum absolute atomic E-state index is 11.2. The largest absolute Gasteiger partial charge is 0.487 e. The molecule has 24 heavy (non-hydrogen) atoms. The van der Waals surface area contributed by atoms with Gasteiger partial charge in [-0.3, -0.25) is 4.40 Å². The number of carboxylic acids is 1. The third kappa shape index (κ3) is 3.66. The minimum absolute atomic E-state index is 0.0463. The first-order chi connectivity index (χ1) is 11.3. The molecule has 2 aromatic rings. The van der Waals surface area contributed by atoms with Crippen LogP contribution in [0.3, 0.4) is 0 Å². The molecular weight excluding hydrogens is 310 g/mol. The molecule has 0 aliphatic heterocycles. The third-order valence-electron chi connectivity index (χ3n) is 2.96. The van der Waals surface area contributed by atoms with E-state index >= 15 is 0 Å². The fourth-order valence-electron chi connectivity index (χ4n) is 2.11. The molecular formula is C17H19N3O4. The standard InChI is InChI=1S/C17H19N3O4/c1-10(2)23-14-6-5-7-20-13(8-12(9-18)17(21)22)16(19-15(14)20)24-11(3)4/h5-8,10-11H,1-4H3,(H,21,22)/b12-8-. The molecule has 7 heteroatoms. The molecule has 0 saturated carbocycles. The first-order valence-corrected chi connectivity index (χ1v) is 7.53. The van der Waals surface area contributed by atoms with Gasteiger partial charge >= 0.3 is 5.97 Å². The summed E-state index contributed by atoms with van der Waals surface area (Å²) in [6, 6.07) is 5.20. The monoisotopic (exact) mass is 329 g/mol. The topological polar surface area (TPSA) is 96.9 Å². The van der Waals surface area contributed by atoms with E-state index in [-0.39, 0.29) is 18.1 Å². The quantitative estimate of drug-likeness (QED) is 0.646. The average Bonchev–Trinajstić information content (AvgIpc) is 2.81. The summed E-state index contributed by atoms with van der Waals surface area (Å²) >= 11 is 0. The second kappa shape index (κ2) is 7.04. The van der Waals surface area contributed by atoms with Gasteiger partial charge in [0.15, 0.2) is 11.4 Å². The van der Waals surface area contributed by atoms with Crippen LogP contribution in [0.1, 0.15) is 33.4 Å². The van der Waals surface area contributed by atoms with Crippen LogP contribution in [0, 0.1) is 11.3 Å². The minimum Gasteiger partial charge on any atom is -0.487 e. The molecule has 2 heterocycles. The molecule has 0 spiro atoms. The Hall–Kier alpha value is -3.01. The predicted octanol–water partition coefficient (Wildman–Crippen LogP) is 2.90. The molecule has 2 aromatic heterocycles. The number of aliphatic carboxylic acids is 1. The van der Waals surface area contributed by atoms with Crippen molar-refractivity contribution in [3.63, 3.8) is 0 Å². The lowest BCUT2D eigenvalue weighted by atomic mass is 10.2. The molecule has 0 fully saturated rings. The lowest BCUT2D eigenvalue weighted by Gasteiger charge is -2.10. The SMILES string of the molecule is CC(C)Oc1nc2c(OC(C)C)cccn2c1/C=C(/C#N)C(=O)O. The van der Waals surface area contributed by atoms with Gasteiger partial charge in [0.2, 0.25) is 5.88 Å². The lowest BCUT2D eigenvalue weighted by molar-refractivity contribution is -0.132. The summed E-state index contributed by atoms with van der Waals surface area (Å²) in [4.78, 5) is 15.6. The molecule has 0 aliphatic rings. The maximum atomic E-state index is 11.2. The van der Waals surface area contributed by atoms with Gasteiger partial charge in [0, 0.05) is 6.20 Å². The van der Waals surface area contributed by atoms with Crippen molar-refractivity contribution in [1.29, 1.82) is 5.26 Å². The van der Waals surface area contributed by atoms with E-state index in [2.05, 4.69) is 4.98 Å². The zero-order valence-corrected chi connectivity index (χ0v) is 14.0. The van der Waals surface area contributed by atoms with Crippen molar-refractivity contribution in [3.8, 4) is 17.7 Å². The van der Waals surface area contributed by atoms with Gasteiger partial charge in [-0.15, -0.1) is 0 Å². The summed E-state index contributed by atoms with van der Waals surface area (Å²) in [5.74, 6) is -0.508. The zero-order valence-electron chi connectivity index (χ0n) is 14.0. The van der Waals surface area contributed by atoms with E-state index in [1.807, 2.05) is 27.7 Å². The second-order valence-electron chi connectivity index (χ2n) is 5.68. The number of hydrogen-bond acceptors (Lipinski definition) is 5. The van der Waals surface area contributed by atoms with Crippen LogP contribution in [-0.2, 0) is 4.79 Å². The van der Waals surface area contributed by atoms with Crippen molar-refractivity contribution in [1.82, 2.24) is 9.38 Å². The molecule has 0 saturated heterocycles. The third-order valence-corrected chi connectivity index (χ3v) is 2.96. The number of fused-ring (bicyclic) bond motifs is 1. The first-order valence-electron chi connectivity index (χ1n) is 7.53. The van der Waals surface area contributed by atoms with Gasteiger partial charge in [-0.1, -0.05) is 0 Å². The van der Waals surface area contributed by atoms with Crippen LogP contribution in [0.5, 0.6) is 11.6 Å². The highest BCUT2D eigenvalue weighted by Crippen LogP contribution is 2.29. The van der Waals surface area contributed by atoms with E-state index in [4.69, 9.17) is 19.8 Å². The number of rotatable bonds is 6. The van der Waals surface area contributed by atoms with E-state index in [1.54, 1.807) is 28.8 Å². The van der Waals surface area contributed by atoms with E-state index in [0.717, 1.165) is 0 Å². The molecule has 7 nitrogen and oxygen atoms in total. The Labute approximate surface area is 139 Å². The van der Waals surface area contributed by atoms with E-state index < -0.39 is 11.5 Å². The molecule has 0 bridgehead atoms. The van der Waals surface area contributed by atoms with Crippen LogP contribution < -0.4 is 9.47 Å². The summed E-state index contributed by atoms with van der Waals surface area (Å²) < 4.78 is 13.1. The van der Waals surface area contributed by atoms with E-state index in [0.29, 0.717) is 17.1 Å². The zero-order chi connectivity index (χ0) is 17.9. The van der Waals surface area contributed by atoms with Gasteiger partial charge in [0.05, 0.1) is 12.2 Å². The molecule has 1 N–H and O–H groups in total. The highest BCUT2D eigenvalue weighted by atomic mass is 16.5. The van der Waals surface area contributed by atoms with Crippen molar-refractivity contribution in [3.05, 3.63) is 29.6 Å². The molecule has 0 amide bonds. The molecule has 0 aliphatic carbocycles. The summed E-state index contributed by atoms with van der Waals surface area (Å²) in [5.41, 5.74) is 0.475. The van der Waals surface area contributed by atoms with Crippen LogP contribution in [0.15, 0.2) is 23.9 Å². The van der Waals surface area contributed by atoms with Crippen molar-refractivity contribution in [2.24, 2.45) is 0 Å². The summed E-state index contributed by atoms with van der Waals surface area (Å²) in [6.07, 6.45) is 2.76. The van der Waals surface area contributed by atoms with Crippen molar-refractivity contribution in [2.75, 3.05) is 0 Å². The highest BCUT2D eigenvalue weighted by molar-refractivity contribution is 5.96. The predicted molar refractivity (Wildman–Crippen MR) is 87.9 cm³/mol. The number of nitriles is 1. The van der Waals surface area contributed by atoms with Crippen LogP contribution in [0.4, 0.5) is 0 Å². The lowest BCUT2D eigenvalue weighted by Crippen LogP contribution is -2.07. The Morgan fingerprint density at radius 1 is 1.33 bits per heavy atom. The minimum atomic E-state index is -1.31. The van der Waals surface area contributed by atoms with Gasteiger partial charge in [0.25, 0.3) is 0 Å². The number of aromatic nitrogens is 2. The number of nitrogens with zero attached hydrogens (tertiary/aromatic N) is 3. The van der Waals surface area contributed by atoms with Gasteiger partial charge in [-0.05, 0) is 45.9 Å². The summed E-state index contributed by atoms with van der Waals surface area (Å²) in [6.45, 7) is 7.48. The molecule has 0 unspecified atom stereocenters.